The summed E-state index contributed by atoms with van der Waals surface area (Å²) >= 11 is 0. The highest BCUT2D eigenvalue weighted by molar-refractivity contribution is 5.82. The normalized spacial score (nSPS) is 33.4. The molecule has 2 heteroatoms. The lowest BCUT2D eigenvalue weighted by atomic mass is 9.77. The highest BCUT2D eigenvalue weighted by atomic mass is 14.9. The summed E-state index contributed by atoms with van der Waals surface area (Å²) in [5.74, 6) is 1.19. The number of hydrogen-bond donors (Lipinski definition) is 0. The van der Waals surface area contributed by atoms with Crippen LogP contribution in [0, 0.1) is 11.8 Å². The van der Waals surface area contributed by atoms with Gasteiger partial charge in [-0.05, 0) is 25.2 Å². The Hall–Kier alpha value is -0.880. The monoisotopic (exact) mass is 176 g/mol. The van der Waals surface area contributed by atoms with E-state index in [1.54, 1.807) is 0 Å². The van der Waals surface area contributed by atoms with E-state index in [1.165, 1.54) is 25.7 Å². The molecule has 1 fully saturated rings. The summed E-state index contributed by atoms with van der Waals surface area (Å²) in [4.78, 5) is 3.47. The second-order valence-electron chi connectivity index (χ2n) is 4.11. The molecule has 0 aromatic rings. The van der Waals surface area contributed by atoms with Gasteiger partial charge in [-0.15, -0.1) is 0 Å². The molecule has 2 atom stereocenters. The summed E-state index contributed by atoms with van der Waals surface area (Å²) in [5, 5.41) is 0. The van der Waals surface area contributed by atoms with Gasteiger partial charge in [-0.25, -0.2) is 0 Å². The SMILES string of the molecule is [N-]=[N+]=C1CCC=CC2CCCCC12. The number of allylic oxidation sites excluding steroid dienone is 2. The molecule has 0 bridgehead atoms. The number of rotatable bonds is 0. The van der Waals surface area contributed by atoms with Crippen molar-refractivity contribution in [2.45, 2.75) is 38.5 Å². The van der Waals surface area contributed by atoms with Crippen molar-refractivity contribution < 1.29 is 4.79 Å². The maximum absolute atomic E-state index is 8.92. The minimum atomic E-state index is 0.539. The lowest BCUT2D eigenvalue weighted by Gasteiger charge is -2.24. The molecular formula is C11H16N2. The summed E-state index contributed by atoms with van der Waals surface area (Å²) in [7, 11) is 0. The summed E-state index contributed by atoms with van der Waals surface area (Å²) < 4.78 is 0. The van der Waals surface area contributed by atoms with Crippen LogP contribution in [0.15, 0.2) is 12.2 Å². The quantitative estimate of drug-likeness (QED) is 0.309. The van der Waals surface area contributed by atoms with Crippen LogP contribution in [0.1, 0.15) is 38.5 Å². The second kappa shape index (κ2) is 3.89. The van der Waals surface area contributed by atoms with E-state index in [9.17, 15) is 0 Å². The summed E-state index contributed by atoms with van der Waals surface area (Å²) in [5.41, 5.74) is 9.95. The molecule has 1 saturated carbocycles. The van der Waals surface area contributed by atoms with Crippen LogP contribution in [0.2, 0.25) is 0 Å². The average Bonchev–Trinajstić information content (AvgIpc) is 2.39. The molecule has 0 N–H and O–H groups in total. The third-order valence-electron chi connectivity index (χ3n) is 3.33. The molecule has 70 valence electrons. The molecule has 0 aromatic carbocycles. The van der Waals surface area contributed by atoms with Crippen LogP contribution in [-0.2, 0) is 0 Å². The second-order valence-corrected chi connectivity index (χ2v) is 4.11. The average molecular weight is 176 g/mol. The van der Waals surface area contributed by atoms with Crippen molar-refractivity contribution in [2.75, 3.05) is 0 Å². The maximum atomic E-state index is 8.92. The number of fused-ring (bicyclic) bond motifs is 1. The molecule has 13 heavy (non-hydrogen) atoms. The van der Waals surface area contributed by atoms with E-state index in [1.807, 2.05) is 0 Å². The molecule has 0 aliphatic heterocycles. The van der Waals surface area contributed by atoms with Gasteiger partial charge in [0.2, 0.25) is 0 Å². The van der Waals surface area contributed by atoms with E-state index in [-0.39, 0.29) is 0 Å². The first kappa shape index (κ1) is 8.71. The third-order valence-corrected chi connectivity index (χ3v) is 3.33. The molecule has 0 heterocycles. The van der Waals surface area contributed by atoms with Crippen LogP contribution in [0.3, 0.4) is 0 Å². The minimum Gasteiger partial charge on any atom is -0.362 e. The molecule has 0 saturated heterocycles. The first-order chi connectivity index (χ1) is 6.42. The van der Waals surface area contributed by atoms with Gasteiger partial charge < -0.3 is 5.53 Å². The fourth-order valence-electron chi connectivity index (χ4n) is 2.62. The van der Waals surface area contributed by atoms with Crippen LogP contribution in [0.4, 0.5) is 0 Å². The van der Waals surface area contributed by atoms with Gasteiger partial charge in [0.05, 0.1) is 5.92 Å². The Morgan fingerprint density at radius 3 is 3.00 bits per heavy atom. The van der Waals surface area contributed by atoms with Crippen LogP contribution in [-0.4, -0.2) is 10.5 Å². The summed E-state index contributed by atoms with van der Waals surface area (Å²) in [6.07, 6.45) is 11.7. The van der Waals surface area contributed by atoms with Crippen LogP contribution < -0.4 is 0 Å². The van der Waals surface area contributed by atoms with Crippen molar-refractivity contribution in [3.8, 4) is 0 Å². The van der Waals surface area contributed by atoms with Crippen molar-refractivity contribution in [3.05, 3.63) is 17.7 Å². The van der Waals surface area contributed by atoms with Crippen LogP contribution in [0.5, 0.6) is 0 Å². The first-order valence-corrected chi connectivity index (χ1v) is 5.29. The lowest BCUT2D eigenvalue weighted by molar-refractivity contribution is -0.0192. The Balaban J connectivity index is 2.22. The summed E-state index contributed by atoms with van der Waals surface area (Å²) in [6, 6.07) is 0. The van der Waals surface area contributed by atoms with Crippen molar-refractivity contribution in [3.63, 3.8) is 0 Å². The van der Waals surface area contributed by atoms with Crippen molar-refractivity contribution in [1.29, 1.82) is 0 Å². The molecule has 2 aliphatic rings. The van der Waals surface area contributed by atoms with E-state index in [0.717, 1.165) is 18.6 Å². The Morgan fingerprint density at radius 1 is 1.31 bits per heavy atom. The number of hydrogen-bond acceptors (Lipinski definition) is 0. The molecule has 0 radical (unpaired) electrons. The molecule has 0 amide bonds. The standard InChI is InChI=1S/C11H16N2/c12-13-11-8-4-2-6-9-5-1-3-7-10(9)11/h2,6,9-10H,1,3-5,7-8H2. The molecular weight excluding hydrogens is 160 g/mol. The highest BCUT2D eigenvalue weighted by Gasteiger charge is 2.33. The maximum Gasteiger partial charge on any atom is 0.272 e. The van der Waals surface area contributed by atoms with Crippen LogP contribution >= 0.6 is 0 Å². The van der Waals surface area contributed by atoms with E-state index in [4.69, 9.17) is 5.53 Å². The number of nitrogens with zero attached hydrogens (tertiary/aromatic N) is 2. The predicted molar refractivity (Wildman–Crippen MR) is 52.4 cm³/mol. The smallest absolute Gasteiger partial charge is 0.272 e. The molecule has 2 unspecified atom stereocenters. The minimum absolute atomic E-state index is 0.539. The topological polar surface area (TPSA) is 36.4 Å². The lowest BCUT2D eigenvalue weighted by Crippen LogP contribution is -2.25. The van der Waals surface area contributed by atoms with Gasteiger partial charge in [-0.2, -0.15) is 4.79 Å². The van der Waals surface area contributed by atoms with Crippen molar-refractivity contribution >= 4 is 5.71 Å². The molecule has 2 rings (SSSR count). The molecule has 0 spiro atoms. The molecule has 2 nitrogen and oxygen atoms in total. The zero-order valence-electron chi connectivity index (χ0n) is 7.95. The van der Waals surface area contributed by atoms with Gasteiger partial charge in [0, 0.05) is 6.42 Å². The van der Waals surface area contributed by atoms with Crippen molar-refractivity contribution in [2.24, 2.45) is 11.8 Å². The van der Waals surface area contributed by atoms with Gasteiger partial charge in [-0.1, -0.05) is 25.0 Å². The first-order valence-electron chi connectivity index (χ1n) is 5.29. The fourth-order valence-corrected chi connectivity index (χ4v) is 2.62. The Labute approximate surface area is 79.3 Å². The third kappa shape index (κ3) is 1.73. The van der Waals surface area contributed by atoms with Gasteiger partial charge >= 0.3 is 0 Å². The van der Waals surface area contributed by atoms with Crippen molar-refractivity contribution in [1.82, 2.24) is 0 Å². The van der Waals surface area contributed by atoms with Gasteiger partial charge in [-0.3, -0.25) is 0 Å². The Morgan fingerprint density at radius 2 is 2.15 bits per heavy atom. The highest BCUT2D eigenvalue weighted by Crippen LogP contribution is 2.34. The summed E-state index contributed by atoms with van der Waals surface area (Å²) in [6.45, 7) is 0. The van der Waals surface area contributed by atoms with Gasteiger partial charge in [0.1, 0.15) is 0 Å². The fraction of sp³-hybridized carbons (Fsp3) is 0.727. The molecule has 0 aromatic heterocycles. The van der Waals surface area contributed by atoms with Crippen LogP contribution in [0.25, 0.3) is 5.53 Å². The molecule has 2 aliphatic carbocycles. The predicted octanol–water partition coefficient (Wildman–Crippen LogP) is 2.81. The zero-order valence-corrected chi connectivity index (χ0v) is 7.95. The van der Waals surface area contributed by atoms with Gasteiger partial charge in [0.15, 0.2) is 0 Å². The zero-order chi connectivity index (χ0) is 9.10. The van der Waals surface area contributed by atoms with E-state index < -0.39 is 0 Å². The van der Waals surface area contributed by atoms with Gasteiger partial charge in [0.25, 0.3) is 5.71 Å². The van der Waals surface area contributed by atoms with E-state index in [2.05, 4.69) is 16.9 Å². The Kier molecular flexibility index (Phi) is 2.60. The largest absolute Gasteiger partial charge is 0.362 e. The Bertz CT molecular complexity index is 261. The van der Waals surface area contributed by atoms with E-state index in [0.29, 0.717) is 11.8 Å². The van der Waals surface area contributed by atoms with E-state index >= 15 is 0 Å².